The average molecular weight is 183 g/mol. The zero-order valence-corrected chi connectivity index (χ0v) is 7.17. The van der Waals surface area contributed by atoms with Gasteiger partial charge in [-0.15, -0.1) is 0 Å². The van der Waals surface area contributed by atoms with Gasteiger partial charge >= 0.3 is 0 Å². The first-order valence-electron chi connectivity index (χ1n) is 4.11. The third-order valence-electron chi connectivity index (χ3n) is 1.78. The quantitative estimate of drug-likeness (QED) is 0.579. The first kappa shape index (κ1) is 10.1. The van der Waals surface area contributed by atoms with Gasteiger partial charge in [0.05, 0.1) is 12.7 Å². The average Bonchev–Trinajstić information content (AvgIpc) is 2.18. The molecule has 1 aromatic heterocycles. The van der Waals surface area contributed by atoms with Crippen molar-refractivity contribution in [1.29, 1.82) is 0 Å². The lowest BCUT2D eigenvalue weighted by Crippen LogP contribution is -2.31. The minimum absolute atomic E-state index is 0.253. The fraction of sp³-hybridized carbons (Fsp3) is 0.444. The van der Waals surface area contributed by atoms with Crippen molar-refractivity contribution < 1.29 is 15.3 Å². The van der Waals surface area contributed by atoms with Crippen LogP contribution in [0, 0.1) is 0 Å². The largest absolute Gasteiger partial charge is 0.394 e. The summed E-state index contributed by atoms with van der Waals surface area (Å²) in [6.07, 6.45) is -0.183. The first-order chi connectivity index (χ1) is 6.24. The highest BCUT2D eigenvalue weighted by Gasteiger charge is 2.15. The van der Waals surface area contributed by atoms with Gasteiger partial charge < -0.3 is 15.3 Å². The van der Waals surface area contributed by atoms with Crippen LogP contribution in [0.3, 0.4) is 0 Å². The van der Waals surface area contributed by atoms with Gasteiger partial charge in [0, 0.05) is 18.3 Å². The predicted octanol–water partition coefficient (Wildman–Crippen LogP) is -0.662. The van der Waals surface area contributed by atoms with E-state index in [9.17, 15) is 5.11 Å². The van der Waals surface area contributed by atoms with Gasteiger partial charge in [0.25, 0.3) is 0 Å². The lowest BCUT2D eigenvalue weighted by atomic mass is 10.1. The second-order valence-corrected chi connectivity index (χ2v) is 2.84. The van der Waals surface area contributed by atoms with E-state index in [2.05, 4.69) is 4.98 Å². The number of pyridine rings is 1. The Bertz CT molecular complexity index is 240. The molecule has 2 atom stereocenters. The summed E-state index contributed by atoms with van der Waals surface area (Å²) >= 11 is 0. The number of nitrogens with zero attached hydrogens (tertiary/aromatic N) is 1. The summed E-state index contributed by atoms with van der Waals surface area (Å²) < 4.78 is 0. The van der Waals surface area contributed by atoms with Crippen molar-refractivity contribution in [3.8, 4) is 0 Å². The van der Waals surface area contributed by atoms with E-state index in [1.54, 1.807) is 24.4 Å². The highest BCUT2D eigenvalue weighted by Crippen LogP contribution is 2.02. The summed E-state index contributed by atoms with van der Waals surface area (Å²) in [5.41, 5.74) is 0.697. The Morgan fingerprint density at radius 3 is 2.54 bits per heavy atom. The van der Waals surface area contributed by atoms with Crippen LogP contribution in [-0.2, 0) is 6.42 Å². The Morgan fingerprint density at radius 2 is 2.00 bits per heavy atom. The van der Waals surface area contributed by atoms with Crippen LogP contribution in [0.2, 0.25) is 0 Å². The Labute approximate surface area is 76.5 Å². The molecule has 2 unspecified atom stereocenters. The lowest BCUT2D eigenvalue weighted by molar-refractivity contribution is -0.0136. The molecule has 1 aromatic rings. The van der Waals surface area contributed by atoms with E-state index in [1.807, 2.05) is 0 Å². The number of hydrogen-bond donors (Lipinski definition) is 3. The minimum Gasteiger partial charge on any atom is -0.394 e. The van der Waals surface area contributed by atoms with Gasteiger partial charge in [0.15, 0.2) is 0 Å². The van der Waals surface area contributed by atoms with E-state index in [-0.39, 0.29) is 6.42 Å². The molecule has 0 spiro atoms. The molecule has 4 heteroatoms. The van der Waals surface area contributed by atoms with Crippen molar-refractivity contribution in [2.24, 2.45) is 0 Å². The van der Waals surface area contributed by atoms with Gasteiger partial charge in [-0.25, -0.2) is 0 Å². The van der Waals surface area contributed by atoms with Gasteiger partial charge in [-0.2, -0.15) is 0 Å². The van der Waals surface area contributed by atoms with Crippen molar-refractivity contribution in [1.82, 2.24) is 4.98 Å². The van der Waals surface area contributed by atoms with E-state index in [0.29, 0.717) is 5.69 Å². The molecule has 4 nitrogen and oxygen atoms in total. The predicted molar refractivity (Wildman–Crippen MR) is 47.0 cm³/mol. The van der Waals surface area contributed by atoms with Crippen LogP contribution < -0.4 is 0 Å². The Kier molecular flexibility index (Phi) is 3.82. The summed E-state index contributed by atoms with van der Waals surface area (Å²) in [6, 6.07) is 5.34. The van der Waals surface area contributed by atoms with Crippen LogP contribution in [0.15, 0.2) is 24.4 Å². The van der Waals surface area contributed by atoms with Crippen LogP contribution in [0.1, 0.15) is 5.69 Å². The Hall–Kier alpha value is -0.970. The van der Waals surface area contributed by atoms with Crippen molar-refractivity contribution >= 4 is 0 Å². The molecule has 0 radical (unpaired) electrons. The topological polar surface area (TPSA) is 73.6 Å². The van der Waals surface area contributed by atoms with E-state index in [1.165, 1.54) is 0 Å². The highest BCUT2D eigenvalue weighted by atomic mass is 16.4. The number of aliphatic hydroxyl groups excluding tert-OH is 3. The molecule has 13 heavy (non-hydrogen) atoms. The number of rotatable bonds is 4. The molecule has 0 aliphatic carbocycles. The minimum atomic E-state index is -1.10. The maximum Gasteiger partial charge on any atom is 0.103 e. The van der Waals surface area contributed by atoms with Gasteiger partial charge in [0.1, 0.15) is 6.10 Å². The zero-order valence-electron chi connectivity index (χ0n) is 7.17. The molecular formula is C9H13NO3. The summed E-state index contributed by atoms with van der Waals surface area (Å²) in [6.45, 7) is -0.437. The summed E-state index contributed by atoms with van der Waals surface area (Å²) in [4.78, 5) is 3.98. The van der Waals surface area contributed by atoms with Crippen LogP contribution in [0.25, 0.3) is 0 Å². The smallest absolute Gasteiger partial charge is 0.103 e. The molecule has 0 saturated carbocycles. The number of aliphatic hydroxyl groups is 3. The molecule has 0 aliphatic heterocycles. The molecular weight excluding hydrogens is 170 g/mol. The summed E-state index contributed by atoms with van der Waals surface area (Å²) in [7, 11) is 0. The van der Waals surface area contributed by atoms with E-state index in [0.717, 1.165) is 0 Å². The molecule has 1 heterocycles. The van der Waals surface area contributed by atoms with Gasteiger partial charge in [-0.05, 0) is 12.1 Å². The van der Waals surface area contributed by atoms with Gasteiger partial charge in [-0.3, -0.25) is 4.98 Å². The molecule has 0 bridgehead atoms. The number of hydrogen-bond acceptors (Lipinski definition) is 4. The van der Waals surface area contributed by atoms with Crippen molar-refractivity contribution in [2.75, 3.05) is 6.61 Å². The van der Waals surface area contributed by atoms with Crippen LogP contribution >= 0.6 is 0 Å². The first-order valence-corrected chi connectivity index (χ1v) is 4.11. The fourth-order valence-electron chi connectivity index (χ4n) is 0.991. The van der Waals surface area contributed by atoms with E-state index < -0.39 is 18.8 Å². The second kappa shape index (κ2) is 4.91. The molecule has 0 saturated heterocycles. The van der Waals surface area contributed by atoms with E-state index in [4.69, 9.17) is 10.2 Å². The second-order valence-electron chi connectivity index (χ2n) is 2.84. The highest BCUT2D eigenvalue weighted by molar-refractivity contribution is 5.04. The molecule has 0 amide bonds. The van der Waals surface area contributed by atoms with Crippen molar-refractivity contribution in [3.63, 3.8) is 0 Å². The lowest BCUT2D eigenvalue weighted by Gasteiger charge is -2.14. The van der Waals surface area contributed by atoms with E-state index >= 15 is 0 Å². The molecule has 1 rings (SSSR count). The fourth-order valence-corrected chi connectivity index (χ4v) is 0.991. The SMILES string of the molecule is OCC(O)C(O)Cc1ccccn1. The van der Waals surface area contributed by atoms with Gasteiger partial charge in [-0.1, -0.05) is 6.07 Å². The normalized spacial score (nSPS) is 15.3. The van der Waals surface area contributed by atoms with Crippen molar-refractivity contribution in [3.05, 3.63) is 30.1 Å². The molecule has 72 valence electrons. The number of aromatic nitrogens is 1. The van der Waals surface area contributed by atoms with Crippen LogP contribution in [0.5, 0.6) is 0 Å². The van der Waals surface area contributed by atoms with Gasteiger partial charge in [0.2, 0.25) is 0 Å². The molecule has 3 N–H and O–H groups in total. The summed E-state index contributed by atoms with van der Waals surface area (Å²) in [5, 5.41) is 26.9. The molecule has 0 aliphatic rings. The molecule has 0 fully saturated rings. The van der Waals surface area contributed by atoms with Crippen LogP contribution in [-0.4, -0.2) is 39.1 Å². The summed E-state index contributed by atoms with van der Waals surface area (Å²) in [5.74, 6) is 0. The maximum atomic E-state index is 9.32. The third-order valence-corrected chi connectivity index (χ3v) is 1.78. The van der Waals surface area contributed by atoms with Crippen LogP contribution in [0.4, 0.5) is 0 Å². The monoisotopic (exact) mass is 183 g/mol. The third kappa shape index (κ3) is 3.10. The molecule has 0 aromatic carbocycles. The maximum absolute atomic E-state index is 9.32. The zero-order chi connectivity index (χ0) is 9.68. The Morgan fingerprint density at radius 1 is 1.23 bits per heavy atom. The standard InChI is InChI=1S/C9H13NO3/c11-6-9(13)8(12)5-7-3-1-2-4-10-7/h1-4,8-9,11-13H,5-6H2. The van der Waals surface area contributed by atoms with Crippen molar-refractivity contribution in [2.45, 2.75) is 18.6 Å². The Balaban J connectivity index is 2.50.